The molecule has 14 heavy (non-hydrogen) atoms. The molecule has 78 valence electrons. The van der Waals surface area contributed by atoms with E-state index >= 15 is 0 Å². The van der Waals surface area contributed by atoms with Gasteiger partial charge in [-0.3, -0.25) is 0 Å². The molecule has 1 N–H and O–H groups in total. The van der Waals surface area contributed by atoms with Crippen molar-refractivity contribution in [3.05, 3.63) is 34.9 Å². The summed E-state index contributed by atoms with van der Waals surface area (Å²) < 4.78 is 0. The van der Waals surface area contributed by atoms with Gasteiger partial charge in [0.05, 0.1) is 0 Å². The highest BCUT2D eigenvalue weighted by atomic mass is 35.5. The van der Waals surface area contributed by atoms with Gasteiger partial charge in [-0.05, 0) is 43.6 Å². The fourth-order valence-corrected chi connectivity index (χ4v) is 1.46. The van der Waals surface area contributed by atoms with Gasteiger partial charge in [-0.2, -0.15) is 0 Å². The second kappa shape index (κ2) is 7.10. The van der Waals surface area contributed by atoms with Crippen molar-refractivity contribution in [1.82, 2.24) is 5.32 Å². The molecule has 1 nitrogen and oxygen atoms in total. The van der Waals surface area contributed by atoms with Gasteiger partial charge in [0.25, 0.3) is 0 Å². The molecular weight excluding hydrogens is 217 g/mol. The number of benzene rings is 1. The van der Waals surface area contributed by atoms with Crippen LogP contribution >= 0.6 is 23.2 Å². The number of hydrogen-bond acceptors (Lipinski definition) is 1. The Kier molecular flexibility index (Phi) is 6.00. The third-order valence-electron chi connectivity index (χ3n) is 1.99. The summed E-state index contributed by atoms with van der Waals surface area (Å²) in [5, 5.41) is 4.13. The minimum absolute atomic E-state index is 0.730. The molecule has 1 aromatic rings. The van der Waals surface area contributed by atoms with Gasteiger partial charge in [-0.15, -0.1) is 11.6 Å². The van der Waals surface area contributed by atoms with Gasteiger partial charge in [-0.25, -0.2) is 0 Å². The van der Waals surface area contributed by atoms with Gasteiger partial charge in [-0.1, -0.05) is 23.7 Å². The lowest BCUT2D eigenvalue weighted by molar-refractivity contribution is 0.673. The van der Waals surface area contributed by atoms with Crippen LogP contribution in [0.3, 0.4) is 0 Å². The van der Waals surface area contributed by atoms with E-state index in [0.29, 0.717) is 0 Å². The van der Waals surface area contributed by atoms with E-state index in [0.717, 1.165) is 36.8 Å². The summed E-state index contributed by atoms with van der Waals surface area (Å²) in [7, 11) is 0. The summed E-state index contributed by atoms with van der Waals surface area (Å²) >= 11 is 11.3. The first-order valence-electron chi connectivity index (χ1n) is 4.84. The van der Waals surface area contributed by atoms with E-state index in [1.807, 2.05) is 12.1 Å². The number of rotatable bonds is 6. The molecule has 0 aromatic heterocycles. The minimum atomic E-state index is 0.730. The largest absolute Gasteiger partial charge is 0.316 e. The van der Waals surface area contributed by atoms with Crippen LogP contribution in [0.15, 0.2) is 24.3 Å². The number of nitrogens with one attached hydrogen (secondary N) is 1. The Bertz CT molecular complexity index is 246. The smallest absolute Gasteiger partial charge is 0.0406 e. The van der Waals surface area contributed by atoms with Crippen LogP contribution in [0.1, 0.15) is 12.0 Å². The molecule has 3 heteroatoms. The van der Waals surface area contributed by atoms with Gasteiger partial charge in [0, 0.05) is 10.9 Å². The quantitative estimate of drug-likeness (QED) is 0.587. The zero-order chi connectivity index (χ0) is 10.2. The van der Waals surface area contributed by atoms with Gasteiger partial charge in [0.2, 0.25) is 0 Å². The summed E-state index contributed by atoms with van der Waals surface area (Å²) in [6, 6.07) is 7.97. The second-order valence-corrected chi connectivity index (χ2v) is 3.98. The summed E-state index contributed by atoms with van der Waals surface area (Å²) in [4.78, 5) is 0. The lowest BCUT2D eigenvalue weighted by Gasteiger charge is -2.03. The molecule has 0 fully saturated rings. The highest BCUT2D eigenvalue weighted by Crippen LogP contribution is 2.09. The second-order valence-electron chi connectivity index (χ2n) is 3.17. The fourth-order valence-electron chi connectivity index (χ4n) is 1.20. The van der Waals surface area contributed by atoms with Crippen molar-refractivity contribution in [2.45, 2.75) is 12.8 Å². The predicted octanol–water partition coefficient (Wildman–Crippen LogP) is 3.10. The Morgan fingerprint density at radius 1 is 1.07 bits per heavy atom. The third-order valence-corrected chi connectivity index (χ3v) is 2.51. The van der Waals surface area contributed by atoms with E-state index in [-0.39, 0.29) is 0 Å². The van der Waals surface area contributed by atoms with E-state index in [1.54, 1.807) is 0 Å². The summed E-state index contributed by atoms with van der Waals surface area (Å²) in [6.07, 6.45) is 2.07. The van der Waals surface area contributed by atoms with Crippen molar-refractivity contribution in [3.63, 3.8) is 0 Å². The molecule has 0 aliphatic carbocycles. The van der Waals surface area contributed by atoms with Crippen LogP contribution in [0.2, 0.25) is 5.02 Å². The summed E-state index contributed by atoms with van der Waals surface area (Å²) in [6.45, 7) is 2.00. The van der Waals surface area contributed by atoms with Crippen LogP contribution in [-0.2, 0) is 6.42 Å². The average Bonchev–Trinajstić information content (AvgIpc) is 2.21. The highest BCUT2D eigenvalue weighted by Gasteiger charge is 1.92. The molecule has 0 amide bonds. The Labute approximate surface area is 95.4 Å². The van der Waals surface area contributed by atoms with Crippen LogP contribution in [0.5, 0.6) is 0 Å². The van der Waals surface area contributed by atoms with E-state index in [2.05, 4.69) is 17.4 Å². The van der Waals surface area contributed by atoms with Crippen LogP contribution in [0.4, 0.5) is 0 Å². The summed E-state index contributed by atoms with van der Waals surface area (Å²) in [5.74, 6) is 0.730. The zero-order valence-corrected chi connectivity index (χ0v) is 9.61. The van der Waals surface area contributed by atoms with Crippen molar-refractivity contribution in [2.24, 2.45) is 0 Å². The molecule has 0 unspecified atom stereocenters. The van der Waals surface area contributed by atoms with E-state index in [9.17, 15) is 0 Å². The van der Waals surface area contributed by atoms with Crippen molar-refractivity contribution in [2.75, 3.05) is 19.0 Å². The van der Waals surface area contributed by atoms with Gasteiger partial charge in [0.1, 0.15) is 0 Å². The molecular formula is C11H15Cl2N. The van der Waals surface area contributed by atoms with Crippen LogP contribution in [0, 0.1) is 0 Å². The zero-order valence-electron chi connectivity index (χ0n) is 8.10. The summed E-state index contributed by atoms with van der Waals surface area (Å²) in [5.41, 5.74) is 1.31. The molecule has 0 saturated heterocycles. The molecule has 1 aromatic carbocycles. The van der Waals surface area contributed by atoms with Gasteiger partial charge in [0.15, 0.2) is 0 Å². The highest BCUT2D eigenvalue weighted by molar-refractivity contribution is 6.30. The lowest BCUT2D eigenvalue weighted by atomic mass is 10.1. The molecule has 0 atom stereocenters. The maximum absolute atomic E-state index is 5.78. The first-order valence-corrected chi connectivity index (χ1v) is 5.75. The molecule has 0 aliphatic heterocycles. The van der Waals surface area contributed by atoms with Crippen molar-refractivity contribution < 1.29 is 0 Å². The van der Waals surface area contributed by atoms with Crippen molar-refractivity contribution in [3.8, 4) is 0 Å². The maximum atomic E-state index is 5.78. The third kappa shape index (κ3) is 4.85. The molecule has 0 heterocycles. The molecule has 0 saturated carbocycles. The van der Waals surface area contributed by atoms with Crippen LogP contribution in [0.25, 0.3) is 0 Å². The topological polar surface area (TPSA) is 12.0 Å². The van der Waals surface area contributed by atoms with Crippen LogP contribution in [-0.4, -0.2) is 19.0 Å². The lowest BCUT2D eigenvalue weighted by Crippen LogP contribution is -2.18. The monoisotopic (exact) mass is 231 g/mol. The van der Waals surface area contributed by atoms with Crippen molar-refractivity contribution in [1.29, 1.82) is 0 Å². The van der Waals surface area contributed by atoms with Gasteiger partial charge < -0.3 is 5.32 Å². The predicted molar refractivity (Wildman–Crippen MR) is 63.4 cm³/mol. The van der Waals surface area contributed by atoms with Crippen molar-refractivity contribution >= 4 is 23.2 Å². The molecule has 0 radical (unpaired) electrons. The maximum Gasteiger partial charge on any atom is 0.0406 e. The molecule has 0 aliphatic rings. The molecule has 1 rings (SSSR count). The first kappa shape index (κ1) is 11.8. The van der Waals surface area contributed by atoms with Crippen LogP contribution < -0.4 is 5.32 Å². The molecule has 0 bridgehead atoms. The number of alkyl halides is 1. The number of hydrogen-bond donors (Lipinski definition) is 1. The Morgan fingerprint density at radius 2 is 1.79 bits per heavy atom. The molecule has 0 spiro atoms. The fraction of sp³-hybridized carbons (Fsp3) is 0.455. The SMILES string of the molecule is ClCCCNCCc1ccc(Cl)cc1. The first-order chi connectivity index (χ1) is 6.83. The number of halogens is 2. The minimum Gasteiger partial charge on any atom is -0.316 e. The van der Waals surface area contributed by atoms with E-state index in [4.69, 9.17) is 23.2 Å². The Hall–Kier alpha value is -0.240. The van der Waals surface area contributed by atoms with E-state index in [1.165, 1.54) is 5.56 Å². The van der Waals surface area contributed by atoms with E-state index < -0.39 is 0 Å². The van der Waals surface area contributed by atoms with Gasteiger partial charge >= 0.3 is 0 Å². The normalized spacial score (nSPS) is 10.4. The standard InChI is InChI=1S/C11H15Cl2N/c12-7-1-8-14-9-6-10-2-4-11(13)5-3-10/h2-5,14H,1,6-9H2. The Morgan fingerprint density at radius 3 is 2.43 bits per heavy atom. The Balaban J connectivity index is 2.15. The average molecular weight is 232 g/mol.